The van der Waals surface area contributed by atoms with Crippen LogP contribution in [0.15, 0.2) is 59.8 Å². The molecule has 2 aromatic carbocycles. The second-order valence-corrected chi connectivity index (χ2v) is 7.93. The van der Waals surface area contributed by atoms with Crippen LogP contribution < -0.4 is 4.90 Å². The van der Waals surface area contributed by atoms with E-state index in [1.165, 1.54) is 17.4 Å². The Balaban J connectivity index is 1.72. The normalized spacial score (nSPS) is 16.1. The second kappa shape index (κ2) is 8.69. The van der Waals surface area contributed by atoms with Gasteiger partial charge in [-0.15, -0.1) is 10.2 Å². The van der Waals surface area contributed by atoms with E-state index in [0.717, 1.165) is 30.2 Å². The fourth-order valence-corrected chi connectivity index (χ4v) is 4.48. The largest absolute Gasteiger partial charge is 0.465 e. The molecule has 1 aliphatic heterocycles. The van der Waals surface area contributed by atoms with Crippen molar-refractivity contribution in [3.05, 3.63) is 54.6 Å². The molecule has 0 unspecified atom stereocenters. The molecule has 150 valence electrons. The molecular weight excluding hydrogens is 384 g/mol. The number of rotatable bonds is 7. The van der Waals surface area contributed by atoms with Gasteiger partial charge in [-0.25, -0.2) is 0 Å². The van der Waals surface area contributed by atoms with Gasteiger partial charge in [0.2, 0.25) is 0 Å². The molecule has 0 spiro atoms. The van der Waals surface area contributed by atoms with E-state index in [0.29, 0.717) is 18.2 Å². The average Bonchev–Trinajstić information content (AvgIpc) is 3.37. The van der Waals surface area contributed by atoms with Crippen LogP contribution in [0.3, 0.4) is 0 Å². The van der Waals surface area contributed by atoms with Crippen molar-refractivity contribution in [2.24, 2.45) is 0 Å². The first-order chi connectivity index (χ1) is 14.2. The lowest BCUT2D eigenvalue weighted by molar-refractivity contribution is -0.137. The maximum atomic E-state index is 12.0. The third-order valence-electron chi connectivity index (χ3n) is 5.04. The number of carbonyl (C=O) groups excluding carboxylic acids is 1. The van der Waals surface area contributed by atoms with Crippen LogP contribution in [0.2, 0.25) is 0 Å². The summed E-state index contributed by atoms with van der Waals surface area (Å²) in [6.07, 6.45) is 0.694. The standard InChI is InChI=1S/C22H24N4O2S/c1-3-25(4-2)17-12-10-16(11-13-17)20-23-24-22(29-19-14-15-28-21(19)27)26(20)18-8-6-5-7-9-18/h5-13,19H,3-4,14-15H2,1-2H3/t19-/m0/s1. The van der Waals surface area contributed by atoms with Gasteiger partial charge in [-0.3, -0.25) is 9.36 Å². The van der Waals surface area contributed by atoms with Crippen molar-refractivity contribution in [1.29, 1.82) is 0 Å². The lowest BCUT2D eigenvalue weighted by atomic mass is 10.1. The third kappa shape index (κ3) is 4.00. The Hall–Kier alpha value is -2.80. The molecule has 0 radical (unpaired) electrons. The van der Waals surface area contributed by atoms with Crippen LogP contribution in [0.25, 0.3) is 17.1 Å². The van der Waals surface area contributed by atoms with Crippen molar-refractivity contribution >= 4 is 23.4 Å². The number of benzene rings is 2. The number of ether oxygens (including phenoxy) is 1. The molecule has 0 aliphatic carbocycles. The first kappa shape index (κ1) is 19.5. The summed E-state index contributed by atoms with van der Waals surface area (Å²) >= 11 is 1.42. The molecule has 0 N–H and O–H groups in total. The Bertz CT molecular complexity index is 968. The number of anilines is 1. The van der Waals surface area contributed by atoms with Crippen LogP contribution in [0.4, 0.5) is 5.69 Å². The highest BCUT2D eigenvalue weighted by atomic mass is 32.2. The molecule has 6 nitrogen and oxygen atoms in total. The van der Waals surface area contributed by atoms with Gasteiger partial charge < -0.3 is 9.64 Å². The van der Waals surface area contributed by atoms with E-state index in [4.69, 9.17) is 4.74 Å². The highest BCUT2D eigenvalue weighted by molar-refractivity contribution is 8.00. The molecular formula is C22H24N4O2S. The van der Waals surface area contributed by atoms with E-state index in [1.807, 2.05) is 34.9 Å². The minimum atomic E-state index is -0.237. The summed E-state index contributed by atoms with van der Waals surface area (Å²) in [5.41, 5.74) is 3.14. The van der Waals surface area contributed by atoms with Crippen LogP contribution in [0.1, 0.15) is 20.3 Å². The van der Waals surface area contributed by atoms with E-state index in [2.05, 4.69) is 53.2 Å². The van der Waals surface area contributed by atoms with Crippen LogP contribution in [-0.2, 0) is 9.53 Å². The fourth-order valence-electron chi connectivity index (χ4n) is 3.46. The molecule has 29 heavy (non-hydrogen) atoms. The number of cyclic esters (lactones) is 1. The Labute approximate surface area is 174 Å². The molecule has 1 aliphatic rings. The molecule has 7 heteroatoms. The summed E-state index contributed by atoms with van der Waals surface area (Å²) in [7, 11) is 0. The van der Waals surface area contributed by atoms with Crippen molar-refractivity contribution in [3.63, 3.8) is 0 Å². The first-order valence-electron chi connectivity index (χ1n) is 9.90. The number of para-hydroxylation sites is 1. The summed E-state index contributed by atoms with van der Waals surface area (Å²) in [4.78, 5) is 14.3. The van der Waals surface area contributed by atoms with E-state index in [1.54, 1.807) is 0 Å². The van der Waals surface area contributed by atoms with Crippen molar-refractivity contribution in [3.8, 4) is 17.1 Å². The second-order valence-electron chi connectivity index (χ2n) is 6.76. The van der Waals surface area contributed by atoms with Gasteiger partial charge in [0.25, 0.3) is 0 Å². The summed E-state index contributed by atoms with van der Waals surface area (Å²) in [6, 6.07) is 18.4. The van der Waals surface area contributed by atoms with Gasteiger partial charge in [-0.05, 0) is 50.2 Å². The van der Waals surface area contributed by atoms with Crippen LogP contribution >= 0.6 is 11.8 Å². The van der Waals surface area contributed by atoms with Crippen LogP contribution in [0.5, 0.6) is 0 Å². The maximum Gasteiger partial charge on any atom is 0.319 e. The quantitative estimate of drug-likeness (QED) is 0.547. The van der Waals surface area contributed by atoms with Gasteiger partial charge in [0.15, 0.2) is 11.0 Å². The maximum absolute atomic E-state index is 12.0. The van der Waals surface area contributed by atoms with Gasteiger partial charge in [-0.2, -0.15) is 0 Å². The third-order valence-corrected chi connectivity index (χ3v) is 6.22. The van der Waals surface area contributed by atoms with Gasteiger partial charge in [0, 0.05) is 36.4 Å². The Morgan fingerprint density at radius 3 is 2.41 bits per heavy atom. The van der Waals surface area contributed by atoms with E-state index in [-0.39, 0.29) is 11.2 Å². The van der Waals surface area contributed by atoms with Crippen LogP contribution in [0, 0.1) is 0 Å². The van der Waals surface area contributed by atoms with Gasteiger partial charge in [-0.1, -0.05) is 30.0 Å². The van der Waals surface area contributed by atoms with Gasteiger partial charge >= 0.3 is 5.97 Å². The topological polar surface area (TPSA) is 60.2 Å². The zero-order chi connectivity index (χ0) is 20.2. The predicted molar refractivity (Wildman–Crippen MR) is 116 cm³/mol. The number of hydrogen-bond acceptors (Lipinski definition) is 6. The highest BCUT2D eigenvalue weighted by Crippen LogP contribution is 2.33. The molecule has 1 aromatic heterocycles. The van der Waals surface area contributed by atoms with E-state index < -0.39 is 0 Å². The number of hydrogen-bond donors (Lipinski definition) is 0. The average molecular weight is 409 g/mol. The minimum absolute atomic E-state index is 0.178. The Morgan fingerprint density at radius 1 is 1.07 bits per heavy atom. The van der Waals surface area contributed by atoms with Gasteiger partial charge in [0.05, 0.1) is 6.61 Å². The molecule has 2 heterocycles. The molecule has 0 amide bonds. The van der Waals surface area contributed by atoms with E-state index >= 15 is 0 Å². The minimum Gasteiger partial charge on any atom is -0.465 e. The SMILES string of the molecule is CCN(CC)c1ccc(-c2nnc(S[C@H]3CCOC3=O)n2-c2ccccc2)cc1. The van der Waals surface area contributed by atoms with Crippen molar-refractivity contribution < 1.29 is 9.53 Å². The molecule has 0 bridgehead atoms. The molecule has 3 aromatic rings. The summed E-state index contributed by atoms with van der Waals surface area (Å²) in [5, 5.41) is 9.35. The predicted octanol–water partition coefficient (Wildman–Crippen LogP) is 4.19. The number of aromatic nitrogens is 3. The number of nitrogens with zero attached hydrogens (tertiary/aromatic N) is 4. The highest BCUT2D eigenvalue weighted by Gasteiger charge is 2.30. The van der Waals surface area contributed by atoms with Crippen molar-refractivity contribution in [2.75, 3.05) is 24.6 Å². The van der Waals surface area contributed by atoms with Crippen molar-refractivity contribution in [1.82, 2.24) is 14.8 Å². The monoisotopic (exact) mass is 408 g/mol. The Kier molecular flexibility index (Phi) is 5.85. The fraction of sp³-hybridized carbons (Fsp3) is 0.318. The summed E-state index contributed by atoms with van der Waals surface area (Å²) in [5.74, 6) is 0.582. The number of thioether (sulfide) groups is 1. The molecule has 0 saturated carbocycles. The summed E-state index contributed by atoms with van der Waals surface area (Å²) < 4.78 is 7.13. The van der Waals surface area contributed by atoms with Crippen molar-refractivity contribution in [2.45, 2.75) is 30.7 Å². The number of carbonyl (C=O) groups is 1. The number of esters is 1. The first-order valence-corrected chi connectivity index (χ1v) is 10.8. The van der Waals surface area contributed by atoms with Crippen LogP contribution in [-0.4, -0.2) is 45.7 Å². The lowest BCUT2D eigenvalue weighted by Gasteiger charge is -2.21. The molecule has 1 atom stereocenters. The molecule has 1 fully saturated rings. The zero-order valence-electron chi connectivity index (χ0n) is 16.6. The van der Waals surface area contributed by atoms with E-state index in [9.17, 15) is 4.79 Å². The zero-order valence-corrected chi connectivity index (χ0v) is 17.4. The molecule has 4 rings (SSSR count). The molecule has 1 saturated heterocycles. The Morgan fingerprint density at radius 2 is 1.79 bits per heavy atom. The lowest BCUT2D eigenvalue weighted by Crippen LogP contribution is -2.21. The summed E-state index contributed by atoms with van der Waals surface area (Å²) in [6.45, 7) is 6.71. The smallest absolute Gasteiger partial charge is 0.319 e. The van der Waals surface area contributed by atoms with Gasteiger partial charge in [0.1, 0.15) is 5.25 Å².